The van der Waals surface area contributed by atoms with Gasteiger partial charge in [-0.15, -0.1) is 0 Å². The Kier molecular flexibility index (Phi) is 6.82. The van der Waals surface area contributed by atoms with Crippen molar-refractivity contribution in [3.8, 4) is 0 Å². The van der Waals surface area contributed by atoms with Gasteiger partial charge in [0.1, 0.15) is 5.82 Å². The molecule has 2 atom stereocenters. The second-order valence-corrected chi connectivity index (χ2v) is 7.26. The summed E-state index contributed by atoms with van der Waals surface area (Å²) in [7, 11) is 0. The van der Waals surface area contributed by atoms with Crippen LogP contribution in [0.25, 0.3) is 0 Å². The molecular weight excluding hydrogens is 373 g/mol. The Bertz CT molecular complexity index is 847. The number of nitrogens with one attached hydrogen (secondary N) is 2. The predicted octanol–water partition coefficient (Wildman–Crippen LogP) is 2.80. The number of morpholine rings is 1. The Morgan fingerprint density at radius 1 is 1.07 bits per heavy atom. The van der Waals surface area contributed by atoms with Crippen LogP contribution in [0.5, 0.6) is 0 Å². The number of benzene rings is 2. The average Bonchev–Trinajstić information content (AvgIpc) is 2.71. The number of carbonyl (C=O) groups is 2. The Hall–Kier alpha value is -2.93. The smallest absolute Gasteiger partial charge is 0.251 e. The van der Waals surface area contributed by atoms with E-state index in [1.165, 1.54) is 6.07 Å². The van der Waals surface area contributed by atoms with Crippen molar-refractivity contribution in [3.63, 3.8) is 0 Å². The van der Waals surface area contributed by atoms with E-state index in [4.69, 9.17) is 4.74 Å². The molecule has 1 aliphatic rings. The van der Waals surface area contributed by atoms with Crippen LogP contribution in [-0.4, -0.2) is 48.6 Å². The largest absolute Gasteiger partial charge is 0.376 e. The summed E-state index contributed by atoms with van der Waals surface area (Å²) < 4.78 is 19.3. The molecule has 2 aromatic carbocycles. The summed E-state index contributed by atoms with van der Waals surface area (Å²) in [5.74, 6) is -0.619. The minimum absolute atomic E-state index is 0.0127. The van der Waals surface area contributed by atoms with E-state index in [0.717, 1.165) is 5.69 Å². The molecule has 154 valence electrons. The van der Waals surface area contributed by atoms with E-state index in [0.29, 0.717) is 24.2 Å². The molecule has 2 aromatic rings. The Morgan fingerprint density at radius 2 is 1.72 bits per heavy atom. The highest BCUT2D eigenvalue weighted by atomic mass is 19.1. The van der Waals surface area contributed by atoms with Gasteiger partial charge in [-0.25, -0.2) is 4.39 Å². The number of halogens is 1. The lowest BCUT2D eigenvalue weighted by Crippen LogP contribution is -2.49. The van der Waals surface area contributed by atoms with E-state index in [1.54, 1.807) is 47.4 Å². The summed E-state index contributed by atoms with van der Waals surface area (Å²) in [6, 6.07) is 13.2. The molecule has 2 amide bonds. The number of rotatable bonds is 6. The van der Waals surface area contributed by atoms with Gasteiger partial charge in [0.05, 0.1) is 18.8 Å². The normalized spacial score (nSPS) is 18.9. The van der Waals surface area contributed by atoms with E-state index in [2.05, 4.69) is 10.6 Å². The minimum atomic E-state index is -0.346. The average molecular weight is 399 g/mol. The van der Waals surface area contributed by atoms with E-state index < -0.39 is 0 Å². The van der Waals surface area contributed by atoms with E-state index >= 15 is 0 Å². The van der Waals surface area contributed by atoms with Crippen LogP contribution in [-0.2, 0) is 16.1 Å². The van der Waals surface area contributed by atoms with Crippen molar-refractivity contribution in [1.29, 1.82) is 0 Å². The van der Waals surface area contributed by atoms with Gasteiger partial charge < -0.3 is 20.3 Å². The lowest BCUT2D eigenvalue weighted by Gasteiger charge is -2.35. The number of anilines is 1. The van der Waals surface area contributed by atoms with Gasteiger partial charge >= 0.3 is 0 Å². The number of carbonyl (C=O) groups excluding carboxylic acids is 2. The molecular formula is C22H26FN3O3. The number of ether oxygens (including phenoxy) is 1. The Morgan fingerprint density at radius 3 is 2.38 bits per heavy atom. The van der Waals surface area contributed by atoms with Crippen molar-refractivity contribution in [2.75, 3.05) is 25.0 Å². The third kappa shape index (κ3) is 5.77. The molecule has 0 spiro atoms. The third-order valence-corrected chi connectivity index (χ3v) is 4.76. The standard InChI is InChI=1S/C22H26FN3O3/c1-15-13-26(14-16(2)29-15)21(27)12-24-19-9-7-17(8-10-19)22(28)25-11-18-5-3-4-6-20(18)23/h3-10,15-16,24H,11-14H2,1-2H3,(H,25,28). The lowest BCUT2D eigenvalue weighted by molar-refractivity contribution is -0.141. The monoisotopic (exact) mass is 399 g/mol. The molecule has 6 nitrogen and oxygen atoms in total. The summed E-state index contributed by atoms with van der Waals surface area (Å²) in [6.07, 6.45) is 0.0645. The fourth-order valence-electron chi connectivity index (χ4n) is 3.33. The molecule has 0 saturated carbocycles. The number of hydrogen-bond acceptors (Lipinski definition) is 4. The topological polar surface area (TPSA) is 70.7 Å². The summed E-state index contributed by atoms with van der Waals surface area (Å²) in [5, 5.41) is 5.79. The van der Waals surface area contributed by atoms with Crippen molar-refractivity contribution in [3.05, 3.63) is 65.5 Å². The molecule has 2 N–H and O–H groups in total. The lowest BCUT2D eigenvalue weighted by atomic mass is 10.1. The molecule has 1 heterocycles. The zero-order chi connectivity index (χ0) is 20.8. The number of hydrogen-bond donors (Lipinski definition) is 2. The molecule has 29 heavy (non-hydrogen) atoms. The molecule has 1 aliphatic heterocycles. The van der Waals surface area contributed by atoms with Gasteiger partial charge in [-0.2, -0.15) is 0 Å². The van der Waals surface area contributed by atoms with Crippen molar-refractivity contribution in [2.24, 2.45) is 0 Å². The quantitative estimate of drug-likeness (QED) is 0.784. The summed E-state index contributed by atoms with van der Waals surface area (Å²) >= 11 is 0. The van der Waals surface area contributed by atoms with Crippen LogP contribution >= 0.6 is 0 Å². The predicted molar refractivity (Wildman–Crippen MR) is 109 cm³/mol. The van der Waals surface area contributed by atoms with Gasteiger partial charge in [-0.05, 0) is 44.2 Å². The fourth-order valence-corrected chi connectivity index (χ4v) is 3.33. The molecule has 1 fully saturated rings. The maximum absolute atomic E-state index is 13.6. The number of nitrogens with zero attached hydrogens (tertiary/aromatic N) is 1. The van der Waals surface area contributed by atoms with Gasteiger partial charge in [0.2, 0.25) is 5.91 Å². The second kappa shape index (κ2) is 9.52. The van der Waals surface area contributed by atoms with Crippen LogP contribution in [0.15, 0.2) is 48.5 Å². The molecule has 0 bridgehead atoms. The van der Waals surface area contributed by atoms with Crippen molar-refractivity contribution >= 4 is 17.5 Å². The van der Waals surface area contributed by atoms with Crippen LogP contribution in [0.1, 0.15) is 29.8 Å². The van der Waals surface area contributed by atoms with Gasteiger partial charge in [0.25, 0.3) is 5.91 Å². The summed E-state index contributed by atoms with van der Waals surface area (Å²) in [4.78, 5) is 26.4. The Labute approximate surface area is 170 Å². The molecule has 1 saturated heterocycles. The highest BCUT2D eigenvalue weighted by Crippen LogP contribution is 2.13. The molecule has 7 heteroatoms. The van der Waals surface area contributed by atoms with Gasteiger partial charge in [0.15, 0.2) is 0 Å². The maximum atomic E-state index is 13.6. The molecule has 2 unspecified atom stereocenters. The van der Waals surface area contributed by atoms with E-state index in [1.807, 2.05) is 13.8 Å². The van der Waals surface area contributed by atoms with Crippen LogP contribution in [0, 0.1) is 5.82 Å². The van der Waals surface area contributed by atoms with Crippen LogP contribution < -0.4 is 10.6 Å². The summed E-state index contributed by atoms with van der Waals surface area (Å²) in [6.45, 7) is 5.39. The molecule has 0 radical (unpaired) electrons. The fraction of sp³-hybridized carbons (Fsp3) is 0.364. The van der Waals surface area contributed by atoms with Crippen LogP contribution in [0.4, 0.5) is 10.1 Å². The van der Waals surface area contributed by atoms with Gasteiger partial charge in [0, 0.05) is 36.4 Å². The van der Waals surface area contributed by atoms with Crippen LogP contribution in [0.3, 0.4) is 0 Å². The highest BCUT2D eigenvalue weighted by molar-refractivity contribution is 5.94. The SMILES string of the molecule is CC1CN(C(=O)CNc2ccc(C(=O)NCc3ccccc3F)cc2)CC(C)O1. The van der Waals surface area contributed by atoms with E-state index in [9.17, 15) is 14.0 Å². The third-order valence-electron chi connectivity index (χ3n) is 4.76. The zero-order valence-corrected chi connectivity index (χ0v) is 16.7. The maximum Gasteiger partial charge on any atom is 0.251 e. The van der Waals surface area contributed by atoms with Crippen molar-refractivity contribution in [1.82, 2.24) is 10.2 Å². The first-order valence-electron chi connectivity index (χ1n) is 9.71. The van der Waals surface area contributed by atoms with Crippen molar-refractivity contribution in [2.45, 2.75) is 32.6 Å². The minimum Gasteiger partial charge on any atom is -0.376 e. The van der Waals surface area contributed by atoms with Gasteiger partial charge in [-0.3, -0.25) is 9.59 Å². The second-order valence-electron chi connectivity index (χ2n) is 7.26. The first-order valence-corrected chi connectivity index (χ1v) is 9.71. The molecule has 0 aliphatic carbocycles. The highest BCUT2D eigenvalue weighted by Gasteiger charge is 2.25. The van der Waals surface area contributed by atoms with Gasteiger partial charge in [-0.1, -0.05) is 18.2 Å². The molecule has 3 rings (SSSR count). The first-order chi connectivity index (χ1) is 13.9. The van der Waals surface area contributed by atoms with E-state index in [-0.39, 0.29) is 42.9 Å². The first kappa shape index (κ1) is 20.8. The van der Waals surface area contributed by atoms with Crippen LogP contribution in [0.2, 0.25) is 0 Å². The Balaban J connectivity index is 1.49. The van der Waals surface area contributed by atoms with Crippen molar-refractivity contribution < 1.29 is 18.7 Å². The zero-order valence-electron chi connectivity index (χ0n) is 16.7. The summed E-state index contributed by atoms with van der Waals surface area (Å²) in [5.41, 5.74) is 1.65. The molecule has 0 aromatic heterocycles. The number of amides is 2.